The van der Waals surface area contributed by atoms with Crippen LogP contribution in [0.25, 0.3) is 11.4 Å². The van der Waals surface area contributed by atoms with Crippen LogP contribution < -0.4 is 10.1 Å². The van der Waals surface area contributed by atoms with Crippen molar-refractivity contribution in [2.24, 2.45) is 0 Å². The van der Waals surface area contributed by atoms with Gasteiger partial charge in [0.25, 0.3) is 5.91 Å². The first-order chi connectivity index (χ1) is 17.1. The molecule has 0 bridgehead atoms. The van der Waals surface area contributed by atoms with Gasteiger partial charge in [0.2, 0.25) is 11.7 Å². The Labute approximate surface area is 202 Å². The van der Waals surface area contributed by atoms with Gasteiger partial charge in [-0.05, 0) is 35.4 Å². The van der Waals surface area contributed by atoms with Gasteiger partial charge in [-0.15, -0.1) is 0 Å². The number of carbonyl (C=O) groups is 2. The van der Waals surface area contributed by atoms with E-state index in [1.54, 1.807) is 19.2 Å². The average Bonchev–Trinajstić information content (AvgIpc) is 3.44. The maximum atomic E-state index is 13.7. The number of urea groups is 1. The van der Waals surface area contributed by atoms with Gasteiger partial charge in [0.1, 0.15) is 17.8 Å². The van der Waals surface area contributed by atoms with E-state index in [0.29, 0.717) is 24.4 Å². The minimum Gasteiger partial charge on any atom is -0.497 e. The number of hydrogen-bond acceptors (Lipinski definition) is 6. The maximum absolute atomic E-state index is 13.7. The highest BCUT2D eigenvalue weighted by Crippen LogP contribution is 2.29. The number of hydrogen-bond donors (Lipinski definition) is 1. The lowest BCUT2D eigenvalue weighted by atomic mass is 9.84. The van der Waals surface area contributed by atoms with Gasteiger partial charge in [0, 0.05) is 18.4 Å². The van der Waals surface area contributed by atoms with E-state index in [1.165, 1.54) is 0 Å². The van der Waals surface area contributed by atoms with E-state index in [2.05, 4.69) is 15.5 Å². The van der Waals surface area contributed by atoms with Gasteiger partial charge < -0.3 is 14.6 Å². The van der Waals surface area contributed by atoms with Crippen molar-refractivity contribution in [1.29, 1.82) is 0 Å². The number of ether oxygens (including phenoxy) is 1. The van der Waals surface area contributed by atoms with Gasteiger partial charge in [-0.1, -0.05) is 65.8 Å². The van der Waals surface area contributed by atoms with Crippen molar-refractivity contribution in [2.75, 3.05) is 7.11 Å². The summed E-state index contributed by atoms with van der Waals surface area (Å²) < 4.78 is 10.5. The molecule has 176 valence electrons. The molecule has 2 heterocycles. The molecular formula is C27H24N4O4. The fraction of sp³-hybridized carbons (Fsp3) is 0.185. The molecule has 1 aliphatic heterocycles. The Morgan fingerprint density at radius 1 is 0.886 bits per heavy atom. The third-order valence-electron chi connectivity index (χ3n) is 6.05. The first kappa shape index (κ1) is 22.3. The Morgan fingerprint density at radius 3 is 2.06 bits per heavy atom. The van der Waals surface area contributed by atoms with E-state index >= 15 is 0 Å². The molecule has 1 saturated heterocycles. The molecule has 4 aromatic rings. The van der Waals surface area contributed by atoms with Gasteiger partial charge >= 0.3 is 6.03 Å². The number of nitrogens with zero attached hydrogens (tertiary/aromatic N) is 3. The van der Waals surface area contributed by atoms with Crippen LogP contribution in [0.4, 0.5) is 4.79 Å². The monoisotopic (exact) mass is 468 g/mol. The fourth-order valence-corrected chi connectivity index (χ4v) is 4.32. The Balaban J connectivity index is 1.40. The first-order valence-corrected chi connectivity index (χ1v) is 11.3. The SMILES string of the molecule is COc1ccc(-c2noc(CN3C(=O)NC(Cc4ccccc4)(Cc4ccccc4)C3=O)n2)cc1. The van der Waals surface area contributed by atoms with Crippen LogP contribution in [0.5, 0.6) is 5.75 Å². The Morgan fingerprint density at radius 2 is 1.49 bits per heavy atom. The van der Waals surface area contributed by atoms with Crippen LogP contribution in [0, 0.1) is 0 Å². The number of imide groups is 1. The van der Waals surface area contributed by atoms with E-state index < -0.39 is 11.6 Å². The molecule has 0 atom stereocenters. The molecule has 3 aromatic carbocycles. The predicted octanol–water partition coefficient (Wildman–Crippen LogP) is 4.02. The molecule has 0 aliphatic carbocycles. The van der Waals surface area contributed by atoms with E-state index in [0.717, 1.165) is 21.6 Å². The summed E-state index contributed by atoms with van der Waals surface area (Å²) in [6.07, 6.45) is 0.732. The Kier molecular flexibility index (Phi) is 6.01. The highest BCUT2D eigenvalue weighted by Gasteiger charge is 2.51. The number of rotatable bonds is 8. The van der Waals surface area contributed by atoms with Crippen LogP contribution in [0.2, 0.25) is 0 Å². The smallest absolute Gasteiger partial charge is 0.325 e. The summed E-state index contributed by atoms with van der Waals surface area (Å²) in [4.78, 5) is 32.3. The molecule has 1 fully saturated rings. The number of carbonyl (C=O) groups excluding carboxylic acids is 2. The van der Waals surface area contributed by atoms with E-state index in [4.69, 9.17) is 9.26 Å². The van der Waals surface area contributed by atoms with Crippen molar-refractivity contribution in [3.8, 4) is 17.1 Å². The largest absolute Gasteiger partial charge is 0.497 e. The van der Waals surface area contributed by atoms with Gasteiger partial charge in [-0.3, -0.25) is 9.69 Å². The molecule has 1 aliphatic rings. The lowest BCUT2D eigenvalue weighted by Gasteiger charge is -2.27. The summed E-state index contributed by atoms with van der Waals surface area (Å²) in [7, 11) is 1.59. The fourth-order valence-electron chi connectivity index (χ4n) is 4.32. The number of aromatic nitrogens is 2. The summed E-state index contributed by atoms with van der Waals surface area (Å²) in [6, 6.07) is 26.1. The van der Waals surface area contributed by atoms with Crippen molar-refractivity contribution < 1.29 is 18.8 Å². The third kappa shape index (κ3) is 4.63. The topological polar surface area (TPSA) is 97.6 Å². The van der Waals surface area contributed by atoms with Crippen LogP contribution >= 0.6 is 0 Å². The molecule has 8 nitrogen and oxygen atoms in total. The third-order valence-corrected chi connectivity index (χ3v) is 6.05. The van der Waals surface area contributed by atoms with Crippen molar-refractivity contribution in [3.63, 3.8) is 0 Å². The van der Waals surface area contributed by atoms with Crippen LogP contribution in [0.1, 0.15) is 17.0 Å². The molecular weight excluding hydrogens is 444 g/mol. The number of methoxy groups -OCH3 is 1. The molecule has 0 spiro atoms. The van der Waals surface area contributed by atoms with Crippen molar-refractivity contribution in [1.82, 2.24) is 20.4 Å². The normalized spacial score (nSPS) is 14.7. The molecule has 0 saturated carbocycles. The highest BCUT2D eigenvalue weighted by molar-refractivity contribution is 6.07. The Hall–Kier alpha value is -4.46. The number of nitrogens with one attached hydrogen (secondary N) is 1. The molecule has 8 heteroatoms. The molecule has 5 rings (SSSR count). The first-order valence-electron chi connectivity index (χ1n) is 11.3. The van der Waals surface area contributed by atoms with Gasteiger partial charge in [0.05, 0.1) is 7.11 Å². The minimum absolute atomic E-state index is 0.112. The second kappa shape index (κ2) is 9.42. The zero-order valence-electron chi connectivity index (χ0n) is 19.2. The maximum Gasteiger partial charge on any atom is 0.325 e. The van der Waals surface area contributed by atoms with Gasteiger partial charge in [-0.2, -0.15) is 4.98 Å². The second-order valence-electron chi connectivity index (χ2n) is 8.47. The lowest BCUT2D eigenvalue weighted by Crippen LogP contribution is -2.51. The van der Waals surface area contributed by atoms with Gasteiger partial charge in [-0.25, -0.2) is 4.79 Å². The summed E-state index contributed by atoms with van der Waals surface area (Å²) in [5, 5.41) is 6.98. The van der Waals surface area contributed by atoms with Crippen molar-refractivity contribution in [2.45, 2.75) is 24.9 Å². The second-order valence-corrected chi connectivity index (χ2v) is 8.47. The van der Waals surface area contributed by atoms with E-state index in [1.807, 2.05) is 72.8 Å². The lowest BCUT2D eigenvalue weighted by molar-refractivity contribution is -0.132. The van der Waals surface area contributed by atoms with Crippen molar-refractivity contribution >= 4 is 11.9 Å². The summed E-state index contributed by atoms with van der Waals surface area (Å²) in [5.41, 5.74) is 1.54. The number of benzene rings is 3. The average molecular weight is 469 g/mol. The van der Waals surface area contributed by atoms with Crippen LogP contribution in [-0.4, -0.2) is 39.6 Å². The summed E-state index contributed by atoms with van der Waals surface area (Å²) in [5.74, 6) is 0.938. The predicted molar refractivity (Wildman–Crippen MR) is 128 cm³/mol. The van der Waals surface area contributed by atoms with E-state index in [-0.39, 0.29) is 18.3 Å². The van der Waals surface area contributed by atoms with Gasteiger partial charge in [0.15, 0.2) is 0 Å². The summed E-state index contributed by atoms with van der Waals surface area (Å²) in [6.45, 7) is -0.112. The van der Waals surface area contributed by atoms with E-state index in [9.17, 15) is 9.59 Å². The molecule has 1 aromatic heterocycles. The highest BCUT2D eigenvalue weighted by atomic mass is 16.5. The molecule has 35 heavy (non-hydrogen) atoms. The van der Waals surface area contributed by atoms with Crippen LogP contribution in [0.15, 0.2) is 89.5 Å². The molecule has 3 amide bonds. The van der Waals surface area contributed by atoms with Crippen LogP contribution in [0.3, 0.4) is 0 Å². The standard InChI is InChI=1S/C27H24N4O4/c1-34-22-14-12-21(13-15-22)24-28-23(35-30-24)18-31-25(32)27(29-26(31)33,16-19-8-4-2-5-9-19)17-20-10-6-3-7-11-20/h2-15H,16-18H2,1H3,(H,29,33). The zero-order chi connectivity index (χ0) is 24.3. The molecule has 0 radical (unpaired) electrons. The number of amides is 3. The summed E-state index contributed by atoms with van der Waals surface area (Å²) >= 11 is 0. The zero-order valence-corrected chi connectivity index (χ0v) is 19.2. The molecule has 0 unspecified atom stereocenters. The van der Waals surface area contributed by atoms with Crippen molar-refractivity contribution in [3.05, 3.63) is 102 Å². The minimum atomic E-state index is -1.11. The quantitative estimate of drug-likeness (QED) is 0.392. The Bertz CT molecular complexity index is 1280. The molecule has 1 N–H and O–H groups in total. The van der Waals surface area contributed by atoms with Crippen LogP contribution in [-0.2, 0) is 24.2 Å².